The van der Waals surface area contributed by atoms with Crippen LogP contribution in [-0.2, 0) is 9.59 Å². The molecule has 1 N–H and O–H groups in total. The van der Waals surface area contributed by atoms with Gasteiger partial charge in [-0.2, -0.15) is 5.10 Å². The van der Waals surface area contributed by atoms with Crippen molar-refractivity contribution in [3.63, 3.8) is 0 Å². The molecule has 7 nitrogen and oxygen atoms in total. The van der Waals surface area contributed by atoms with Crippen LogP contribution in [0.2, 0.25) is 0 Å². The lowest BCUT2D eigenvalue weighted by Gasteiger charge is -2.13. The molecule has 2 aromatic carbocycles. The first-order valence-electron chi connectivity index (χ1n) is 11.6. The van der Waals surface area contributed by atoms with E-state index in [0.717, 1.165) is 40.2 Å². The number of hydrogen-bond donors (Lipinski definition) is 1. The largest absolute Gasteiger partial charge is 0.497 e. The van der Waals surface area contributed by atoms with Gasteiger partial charge in [0.05, 0.1) is 17.7 Å². The lowest BCUT2D eigenvalue weighted by atomic mass is 10.0. The van der Waals surface area contributed by atoms with Gasteiger partial charge < -0.3 is 9.84 Å². The number of rotatable bonds is 10. The molecular weight excluding hydrogens is 494 g/mol. The Morgan fingerprint density at radius 1 is 1.17 bits per heavy atom. The Labute approximate surface area is 219 Å². The lowest BCUT2D eigenvalue weighted by molar-refractivity contribution is -0.137. The monoisotopic (exact) mass is 521 g/mol. The highest BCUT2D eigenvalue weighted by Gasteiger charge is 2.32. The molecule has 1 aromatic heterocycles. The number of para-hydroxylation sites is 1. The van der Waals surface area contributed by atoms with Crippen LogP contribution in [-0.4, -0.2) is 49.6 Å². The Bertz CT molecular complexity index is 1320. The van der Waals surface area contributed by atoms with Gasteiger partial charge in [-0.3, -0.25) is 14.5 Å². The predicted octanol–water partition coefficient (Wildman–Crippen LogP) is 5.70. The van der Waals surface area contributed by atoms with Crippen LogP contribution in [0.3, 0.4) is 0 Å². The van der Waals surface area contributed by atoms with Crippen LogP contribution in [0, 0.1) is 6.92 Å². The Hall–Kier alpha value is -3.43. The van der Waals surface area contributed by atoms with E-state index in [1.165, 1.54) is 11.8 Å². The van der Waals surface area contributed by atoms with Crippen molar-refractivity contribution in [1.82, 2.24) is 14.7 Å². The van der Waals surface area contributed by atoms with Crippen molar-refractivity contribution in [2.45, 2.75) is 32.6 Å². The minimum Gasteiger partial charge on any atom is -0.497 e. The highest BCUT2D eigenvalue weighted by Crippen LogP contribution is 2.36. The average Bonchev–Trinajstić information content (AvgIpc) is 3.40. The number of ether oxygens (including phenoxy) is 1. The zero-order valence-electron chi connectivity index (χ0n) is 20.1. The highest BCUT2D eigenvalue weighted by atomic mass is 32.2. The van der Waals surface area contributed by atoms with Crippen LogP contribution in [0.1, 0.15) is 36.8 Å². The van der Waals surface area contributed by atoms with Crippen molar-refractivity contribution in [1.29, 1.82) is 0 Å². The summed E-state index contributed by atoms with van der Waals surface area (Å²) >= 11 is 6.77. The number of hydrogen-bond acceptors (Lipinski definition) is 6. The summed E-state index contributed by atoms with van der Waals surface area (Å²) in [5.74, 6) is -0.167. The third-order valence-electron chi connectivity index (χ3n) is 5.88. The Balaban J connectivity index is 1.63. The van der Waals surface area contributed by atoms with E-state index in [0.29, 0.717) is 28.6 Å². The molecule has 0 atom stereocenters. The van der Waals surface area contributed by atoms with E-state index < -0.39 is 5.97 Å². The molecule has 1 saturated heterocycles. The van der Waals surface area contributed by atoms with Crippen LogP contribution in [0.4, 0.5) is 0 Å². The first-order chi connectivity index (χ1) is 17.4. The van der Waals surface area contributed by atoms with Gasteiger partial charge in [0.2, 0.25) is 0 Å². The number of methoxy groups -OCH3 is 1. The van der Waals surface area contributed by atoms with Crippen molar-refractivity contribution in [3.8, 4) is 22.7 Å². The van der Waals surface area contributed by atoms with Crippen LogP contribution in [0.5, 0.6) is 5.75 Å². The number of carboxylic acids is 1. The van der Waals surface area contributed by atoms with Gasteiger partial charge in [0.15, 0.2) is 0 Å². The molecule has 1 fully saturated rings. The standard InChI is InChI=1S/C27H27N3O4S2/c1-18-15-21(34-2)12-13-22(18)25-19(17-30(28-25)20-9-5-3-6-10-20)16-23-26(33)29(27(35)36-23)14-8-4-7-11-24(31)32/h3,5-6,9-10,12-13,15-17H,4,7-8,11,14H2,1-2H3,(H,31,32). The van der Waals surface area contributed by atoms with Gasteiger partial charge in [0.1, 0.15) is 15.8 Å². The molecular formula is C27H27N3O4S2. The van der Waals surface area contributed by atoms with E-state index >= 15 is 0 Å². The van der Waals surface area contributed by atoms with Crippen LogP contribution < -0.4 is 4.74 Å². The molecule has 0 aliphatic carbocycles. The third kappa shape index (κ3) is 5.85. The molecule has 186 valence electrons. The van der Waals surface area contributed by atoms with Gasteiger partial charge in [-0.25, -0.2) is 4.68 Å². The zero-order valence-corrected chi connectivity index (χ0v) is 21.8. The number of unbranched alkanes of at least 4 members (excludes halogenated alkanes) is 2. The molecule has 1 aliphatic heterocycles. The van der Waals surface area contributed by atoms with E-state index in [4.69, 9.17) is 27.2 Å². The SMILES string of the molecule is COc1ccc(-c2nn(-c3ccccc3)cc2C=C2SC(=S)N(CCCCCC(=O)O)C2=O)c(C)c1. The number of thiocarbonyl (C=S) groups is 1. The van der Waals surface area contributed by atoms with E-state index in [1.54, 1.807) is 12.0 Å². The van der Waals surface area contributed by atoms with E-state index in [1.807, 2.05) is 72.4 Å². The molecule has 0 radical (unpaired) electrons. The first-order valence-corrected chi connectivity index (χ1v) is 12.9. The van der Waals surface area contributed by atoms with Crippen LogP contribution >= 0.6 is 24.0 Å². The second kappa shape index (κ2) is 11.5. The van der Waals surface area contributed by atoms with Gasteiger partial charge in [-0.15, -0.1) is 0 Å². The average molecular weight is 522 g/mol. The number of aliphatic carboxylic acids is 1. The topological polar surface area (TPSA) is 84.7 Å². The fraction of sp³-hybridized carbons (Fsp3) is 0.259. The molecule has 0 spiro atoms. The molecule has 0 saturated carbocycles. The summed E-state index contributed by atoms with van der Waals surface area (Å²) in [6, 6.07) is 15.7. The Morgan fingerprint density at radius 2 is 1.94 bits per heavy atom. The summed E-state index contributed by atoms with van der Waals surface area (Å²) in [5.41, 5.74) is 4.45. The predicted molar refractivity (Wildman–Crippen MR) is 146 cm³/mol. The van der Waals surface area contributed by atoms with Crippen molar-refractivity contribution in [2.75, 3.05) is 13.7 Å². The van der Waals surface area contributed by atoms with Crippen molar-refractivity contribution >= 4 is 46.3 Å². The smallest absolute Gasteiger partial charge is 0.303 e. The molecule has 9 heteroatoms. The van der Waals surface area contributed by atoms with Gasteiger partial charge >= 0.3 is 5.97 Å². The number of amides is 1. The third-order valence-corrected chi connectivity index (χ3v) is 7.26. The summed E-state index contributed by atoms with van der Waals surface area (Å²) in [6.07, 6.45) is 5.94. The van der Waals surface area contributed by atoms with Gasteiger partial charge in [0, 0.05) is 30.3 Å². The number of aryl methyl sites for hydroxylation is 1. The minimum atomic E-state index is -0.803. The minimum absolute atomic E-state index is 0.131. The number of carboxylic acid groups (broad SMARTS) is 1. The molecule has 0 bridgehead atoms. The summed E-state index contributed by atoms with van der Waals surface area (Å²) in [4.78, 5) is 26.0. The summed E-state index contributed by atoms with van der Waals surface area (Å²) in [5, 5.41) is 13.7. The molecule has 4 rings (SSSR count). The second-order valence-corrected chi connectivity index (χ2v) is 10.1. The lowest BCUT2D eigenvalue weighted by Crippen LogP contribution is -2.29. The maximum atomic E-state index is 13.2. The van der Waals surface area contributed by atoms with Crippen molar-refractivity contribution in [2.24, 2.45) is 0 Å². The number of carbonyl (C=O) groups excluding carboxylic acids is 1. The number of benzene rings is 2. The number of thioether (sulfide) groups is 1. The van der Waals surface area contributed by atoms with E-state index in [2.05, 4.69) is 0 Å². The van der Waals surface area contributed by atoms with E-state index in [-0.39, 0.29) is 12.3 Å². The fourth-order valence-corrected chi connectivity index (χ4v) is 5.30. The van der Waals surface area contributed by atoms with Gasteiger partial charge in [-0.1, -0.05) is 48.6 Å². The second-order valence-electron chi connectivity index (χ2n) is 8.43. The van der Waals surface area contributed by atoms with Crippen molar-refractivity contribution in [3.05, 3.63) is 70.8 Å². The summed E-state index contributed by atoms with van der Waals surface area (Å²) in [6.45, 7) is 2.49. The van der Waals surface area contributed by atoms with Gasteiger partial charge in [-0.05, 0) is 61.7 Å². The highest BCUT2D eigenvalue weighted by molar-refractivity contribution is 8.26. The molecule has 1 aliphatic rings. The maximum Gasteiger partial charge on any atom is 0.303 e. The molecule has 2 heterocycles. The number of carbonyl (C=O) groups is 2. The molecule has 3 aromatic rings. The summed E-state index contributed by atoms with van der Waals surface area (Å²) < 4.78 is 7.69. The molecule has 36 heavy (non-hydrogen) atoms. The maximum absolute atomic E-state index is 13.2. The van der Waals surface area contributed by atoms with Crippen molar-refractivity contribution < 1.29 is 19.4 Å². The Kier molecular flexibility index (Phi) is 8.22. The molecule has 0 unspecified atom stereocenters. The van der Waals surface area contributed by atoms with E-state index in [9.17, 15) is 9.59 Å². The summed E-state index contributed by atoms with van der Waals surface area (Å²) in [7, 11) is 1.64. The quantitative estimate of drug-likeness (QED) is 0.208. The Morgan fingerprint density at radius 3 is 2.64 bits per heavy atom. The number of aromatic nitrogens is 2. The first kappa shape index (κ1) is 25.7. The number of nitrogens with zero attached hydrogens (tertiary/aromatic N) is 3. The normalized spacial score (nSPS) is 14.6. The van der Waals surface area contributed by atoms with Crippen LogP contribution in [0.15, 0.2) is 59.6 Å². The van der Waals surface area contributed by atoms with Gasteiger partial charge in [0.25, 0.3) is 5.91 Å². The zero-order chi connectivity index (χ0) is 25.7. The molecule has 1 amide bonds. The fourth-order valence-electron chi connectivity index (χ4n) is 4.00. The van der Waals surface area contributed by atoms with Crippen LogP contribution in [0.25, 0.3) is 23.0 Å².